The van der Waals surface area contributed by atoms with E-state index in [1.54, 1.807) is 0 Å². The Morgan fingerprint density at radius 2 is 2.40 bits per heavy atom. The Kier molecular flexibility index (Phi) is 4.42. The van der Waals surface area contributed by atoms with E-state index in [4.69, 9.17) is 4.74 Å². The van der Waals surface area contributed by atoms with Crippen LogP contribution in [-0.4, -0.2) is 49.8 Å². The van der Waals surface area contributed by atoms with Gasteiger partial charge in [-0.2, -0.15) is 0 Å². The summed E-state index contributed by atoms with van der Waals surface area (Å²) in [5.41, 5.74) is 0. The lowest BCUT2D eigenvalue weighted by atomic mass is 10.1. The van der Waals surface area contributed by atoms with Gasteiger partial charge < -0.3 is 10.1 Å². The first-order chi connectivity index (χ1) is 7.36. The summed E-state index contributed by atoms with van der Waals surface area (Å²) in [6, 6.07) is 0.711. The average molecular weight is 212 g/mol. The van der Waals surface area contributed by atoms with E-state index in [-0.39, 0.29) is 0 Å². The van der Waals surface area contributed by atoms with E-state index in [1.165, 1.54) is 38.8 Å². The van der Waals surface area contributed by atoms with Crippen LogP contribution in [0.3, 0.4) is 0 Å². The molecule has 2 atom stereocenters. The fourth-order valence-electron chi connectivity index (χ4n) is 2.61. The molecule has 2 heterocycles. The van der Waals surface area contributed by atoms with Crippen LogP contribution in [0.5, 0.6) is 0 Å². The highest BCUT2D eigenvalue weighted by molar-refractivity contribution is 4.76. The molecule has 0 saturated carbocycles. The van der Waals surface area contributed by atoms with Crippen molar-refractivity contribution < 1.29 is 4.74 Å². The molecule has 0 aromatic carbocycles. The van der Waals surface area contributed by atoms with Crippen LogP contribution >= 0.6 is 0 Å². The van der Waals surface area contributed by atoms with E-state index in [9.17, 15) is 0 Å². The Hall–Kier alpha value is -0.120. The molecule has 0 amide bonds. The van der Waals surface area contributed by atoms with Gasteiger partial charge >= 0.3 is 0 Å². The van der Waals surface area contributed by atoms with Gasteiger partial charge in [0.2, 0.25) is 0 Å². The highest BCUT2D eigenvalue weighted by Crippen LogP contribution is 2.17. The van der Waals surface area contributed by atoms with Crippen LogP contribution in [0.1, 0.15) is 32.6 Å². The first-order valence-corrected chi connectivity index (χ1v) is 6.42. The smallest absolute Gasteiger partial charge is 0.0576 e. The fraction of sp³-hybridized carbons (Fsp3) is 1.00. The largest absolute Gasteiger partial charge is 0.378 e. The third kappa shape index (κ3) is 3.44. The van der Waals surface area contributed by atoms with Crippen molar-refractivity contribution in [2.24, 2.45) is 0 Å². The third-order valence-corrected chi connectivity index (χ3v) is 3.63. The first-order valence-electron chi connectivity index (χ1n) is 6.42. The van der Waals surface area contributed by atoms with E-state index < -0.39 is 0 Å². The van der Waals surface area contributed by atoms with Crippen molar-refractivity contribution in [2.75, 3.05) is 32.8 Å². The van der Waals surface area contributed by atoms with Gasteiger partial charge in [-0.05, 0) is 39.2 Å². The van der Waals surface area contributed by atoms with E-state index in [0.717, 1.165) is 19.7 Å². The molecular weight excluding hydrogens is 188 g/mol. The Labute approximate surface area is 93.2 Å². The molecule has 1 N–H and O–H groups in total. The second-order valence-electron chi connectivity index (χ2n) is 4.87. The van der Waals surface area contributed by atoms with Crippen molar-refractivity contribution in [1.82, 2.24) is 10.2 Å². The zero-order chi connectivity index (χ0) is 10.5. The molecule has 2 aliphatic heterocycles. The quantitative estimate of drug-likeness (QED) is 0.759. The van der Waals surface area contributed by atoms with Gasteiger partial charge in [0.25, 0.3) is 0 Å². The second kappa shape index (κ2) is 5.83. The molecule has 3 heteroatoms. The van der Waals surface area contributed by atoms with Gasteiger partial charge in [0.1, 0.15) is 0 Å². The molecule has 3 nitrogen and oxygen atoms in total. The average Bonchev–Trinajstić information content (AvgIpc) is 2.74. The van der Waals surface area contributed by atoms with Crippen molar-refractivity contribution >= 4 is 0 Å². The number of hydrogen-bond acceptors (Lipinski definition) is 3. The van der Waals surface area contributed by atoms with Crippen LogP contribution in [0.2, 0.25) is 0 Å². The fourth-order valence-corrected chi connectivity index (χ4v) is 2.61. The number of rotatable bonds is 4. The van der Waals surface area contributed by atoms with E-state index >= 15 is 0 Å². The zero-order valence-corrected chi connectivity index (χ0v) is 9.87. The Bertz CT molecular complexity index is 180. The molecule has 15 heavy (non-hydrogen) atoms. The summed E-state index contributed by atoms with van der Waals surface area (Å²) >= 11 is 0. The van der Waals surface area contributed by atoms with Crippen LogP contribution < -0.4 is 5.32 Å². The predicted octanol–water partition coefficient (Wildman–Crippen LogP) is 1.24. The molecule has 2 unspecified atom stereocenters. The zero-order valence-electron chi connectivity index (χ0n) is 9.87. The van der Waals surface area contributed by atoms with Gasteiger partial charge in [-0.3, -0.25) is 4.90 Å². The minimum atomic E-state index is 0.572. The van der Waals surface area contributed by atoms with Crippen LogP contribution in [0.25, 0.3) is 0 Å². The first kappa shape index (κ1) is 11.4. The Morgan fingerprint density at radius 1 is 1.47 bits per heavy atom. The summed E-state index contributed by atoms with van der Waals surface area (Å²) in [5, 5.41) is 3.43. The summed E-state index contributed by atoms with van der Waals surface area (Å²) in [6.07, 6.45) is 5.69. The molecule has 0 aliphatic carbocycles. The van der Waals surface area contributed by atoms with Crippen molar-refractivity contribution in [3.63, 3.8) is 0 Å². The number of ether oxygens (including phenoxy) is 1. The Balaban J connectivity index is 1.59. The molecule has 2 fully saturated rings. The SMILES string of the molecule is CC1CNCCN1CCCC1CCCO1. The summed E-state index contributed by atoms with van der Waals surface area (Å²) in [6.45, 7) is 8.09. The molecule has 0 spiro atoms. The summed E-state index contributed by atoms with van der Waals surface area (Å²) in [4.78, 5) is 2.60. The summed E-state index contributed by atoms with van der Waals surface area (Å²) in [7, 11) is 0. The van der Waals surface area contributed by atoms with Gasteiger partial charge in [-0.15, -0.1) is 0 Å². The standard InChI is InChI=1S/C12H24N2O/c1-11-10-13-6-8-14(11)7-2-4-12-5-3-9-15-12/h11-13H,2-10H2,1H3. The molecule has 0 aromatic rings. The van der Waals surface area contributed by atoms with Crippen molar-refractivity contribution in [3.05, 3.63) is 0 Å². The normalized spacial score (nSPS) is 33.4. The molecule has 0 bridgehead atoms. The monoisotopic (exact) mass is 212 g/mol. The van der Waals surface area contributed by atoms with Gasteiger partial charge in [0.15, 0.2) is 0 Å². The van der Waals surface area contributed by atoms with E-state index in [0.29, 0.717) is 12.1 Å². The minimum absolute atomic E-state index is 0.572. The van der Waals surface area contributed by atoms with Crippen LogP contribution in [0.15, 0.2) is 0 Å². The second-order valence-corrected chi connectivity index (χ2v) is 4.87. The molecule has 0 aromatic heterocycles. The highest BCUT2D eigenvalue weighted by atomic mass is 16.5. The summed E-state index contributed by atoms with van der Waals surface area (Å²) < 4.78 is 5.64. The number of hydrogen-bond donors (Lipinski definition) is 1. The highest BCUT2D eigenvalue weighted by Gasteiger charge is 2.19. The molecule has 0 radical (unpaired) electrons. The number of nitrogens with one attached hydrogen (secondary N) is 1. The van der Waals surface area contributed by atoms with Gasteiger partial charge in [0.05, 0.1) is 6.10 Å². The Morgan fingerprint density at radius 3 is 3.13 bits per heavy atom. The number of nitrogens with zero attached hydrogens (tertiary/aromatic N) is 1. The summed E-state index contributed by atoms with van der Waals surface area (Å²) in [5.74, 6) is 0. The maximum atomic E-state index is 5.64. The molecule has 2 aliphatic rings. The molecule has 2 rings (SSSR count). The van der Waals surface area contributed by atoms with Gasteiger partial charge in [-0.1, -0.05) is 0 Å². The lowest BCUT2D eigenvalue weighted by Crippen LogP contribution is -2.49. The maximum absolute atomic E-state index is 5.64. The van der Waals surface area contributed by atoms with E-state index in [2.05, 4.69) is 17.1 Å². The minimum Gasteiger partial charge on any atom is -0.378 e. The molecule has 2 saturated heterocycles. The number of piperazine rings is 1. The predicted molar refractivity (Wildman–Crippen MR) is 62.1 cm³/mol. The van der Waals surface area contributed by atoms with Crippen molar-refractivity contribution in [1.29, 1.82) is 0 Å². The van der Waals surface area contributed by atoms with Crippen molar-refractivity contribution in [2.45, 2.75) is 44.8 Å². The van der Waals surface area contributed by atoms with Crippen LogP contribution in [-0.2, 0) is 4.74 Å². The topological polar surface area (TPSA) is 24.5 Å². The van der Waals surface area contributed by atoms with Gasteiger partial charge in [0, 0.05) is 32.3 Å². The van der Waals surface area contributed by atoms with Crippen LogP contribution in [0.4, 0.5) is 0 Å². The molecule has 88 valence electrons. The van der Waals surface area contributed by atoms with Crippen molar-refractivity contribution in [3.8, 4) is 0 Å². The lowest BCUT2D eigenvalue weighted by Gasteiger charge is -2.34. The van der Waals surface area contributed by atoms with Gasteiger partial charge in [-0.25, -0.2) is 0 Å². The maximum Gasteiger partial charge on any atom is 0.0576 e. The van der Waals surface area contributed by atoms with E-state index in [1.807, 2.05) is 0 Å². The molecular formula is C12H24N2O. The third-order valence-electron chi connectivity index (χ3n) is 3.63. The van der Waals surface area contributed by atoms with Crippen LogP contribution in [0, 0.1) is 0 Å². The lowest BCUT2D eigenvalue weighted by molar-refractivity contribution is 0.0942.